The number of hydrogen-bond donors (Lipinski definition) is 1. The van der Waals surface area contributed by atoms with Gasteiger partial charge >= 0.3 is 6.18 Å². The Hall–Kier alpha value is -2.57. The number of halogens is 3. The summed E-state index contributed by atoms with van der Waals surface area (Å²) in [5, 5.41) is 0. The molecule has 2 N–H and O–H groups in total. The average Bonchev–Trinajstić information content (AvgIpc) is 3.36. The van der Waals surface area contributed by atoms with E-state index in [1.165, 1.54) is 17.8 Å². The van der Waals surface area contributed by atoms with E-state index < -0.39 is 11.7 Å². The Morgan fingerprint density at radius 3 is 2.50 bits per heavy atom. The molecule has 4 nitrogen and oxygen atoms in total. The van der Waals surface area contributed by atoms with Gasteiger partial charge in [0.05, 0.1) is 5.56 Å². The molecule has 3 fully saturated rings. The summed E-state index contributed by atoms with van der Waals surface area (Å²) in [6.45, 7) is 14.0. The number of likely N-dealkylation sites (tertiary alicyclic amines) is 2. The summed E-state index contributed by atoms with van der Waals surface area (Å²) in [5.74, 6) is 1.23. The first-order valence-corrected chi connectivity index (χ1v) is 13.4. The zero-order valence-electron chi connectivity index (χ0n) is 21.7. The number of rotatable bonds is 6. The summed E-state index contributed by atoms with van der Waals surface area (Å²) in [6, 6.07) is 4.41. The number of nitrogens with two attached hydrogens (primary N) is 1. The van der Waals surface area contributed by atoms with Crippen molar-refractivity contribution in [1.29, 1.82) is 0 Å². The van der Waals surface area contributed by atoms with Gasteiger partial charge < -0.3 is 20.4 Å². The second kappa shape index (κ2) is 11.2. The lowest BCUT2D eigenvalue weighted by atomic mass is 9.92. The Morgan fingerprint density at radius 1 is 1.06 bits per heavy atom. The van der Waals surface area contributed by atoms with Gasteiger partial charge in [-0.05, 0) is 86.7 Å². The summed E-state index contributed by atoms with van der Waals surface area (Å²) >= 11 is 0. The van der Waals surface area contributed by atoms with Crippen molar-refractivity contribution in [2.75, 3.05) is 44.2 Å². The zero-order chi connectivity index (χ0) is 25.9. The van der Waals surface area contributed by atoms with Gasteiger partial charge in [-0.1, -0.05) is 19.6 Å². The lowest BCUT2D eigenvalue weighted by Crippen LogP contribution is -2.36. The zero-order valence-corrected chi connectivity index (χ0v) is 21.7. The maximum absolute atomic E-state index is 13.6. The Balaban J connectivity index is 1.47. The van der Waals surface area contributed by atoms with Crippen LogP contribution in [0.4, 0.5) is 18.9 Å². The third-order valence-electron chi connectivity index (χ3n) is 8.25. The van der Waals surface area contributed by atoms with Gasteiger partial charge in [0, 0.05) is 62.5 Å². The second-order valence-corrected chi connectivity index (χ2v) is 10.9. The van der Waals surface area contributed by atoms with Crippen LogP contribution in [0.1, 0.15) is 63.0 Å². The smallest absolute Gasteiger partial charge is 0.404 e. The fourth-order valence-corrected chi connectivity index (χ4v) is 5.81. The highest BCUT2D eigenvalue weighted by Gasteiger charge is 2.35. The molecule has 0 radical (unpaired) electrons. The van der Waals surface area contributed by atoms with Crippen molar-refractivity contribution < 1.29 is 13.2 Å². The first kappa shape index (κ1) is 26.5. The van der Waals surface area contributed by atoms with Crippen molar-refractivity contribution in [2.45, 2.75) is 58.0 Å². The molecule has 1 aromatic rings. The first-order chi connectivity index (χ1) is 17.2. The monoisotopic (exact) mass is 502 g/mol. The van der Waals surface area contributed by atoms with Crippen LogP contribution in [0.15, 0.2) is 54.5 Å². The normalized spacial score (nSPS) is 24.7. The van der Waals surface area contributed by atoms with Crippen molar-refractivity contribution >= 4 is 5.69 Å². The van der Waals surface area contributed by atoms with Crippen LogP contribution in [0.25, 0.3) is 0 Å². The molecule has 198 valence electrons. The molecular formula is C29H41F3N4. The highest BCUT2D eigenvalue weighted by Crippen LogP contribution is 2.41. The first-order valence-electron chi connectivity index (χ1n) is 13.4. The number of benzene rings is 1. The SMILES string of the molecule is C=C(C1CCCN(/C=C/C(C)=C\N)C1)N1CCC(c2ccc(C(F)(F)F)cc2N2CCC(C)CC2)C1. The maximum atomic E-state index is 13.6. The molecule has 36 heavy (non-hydrogen) atoms. The van der Waals surface area contributed by atoms with Crippen LogP contribution in [0, 0.1) is 11.8 Å². The van der Waals surface area contributed by atoms with Gasteiger partial charge in [-0.25, -0.2) is 0 Å². The largest absolute Gasteiger partial charge is 0.416 e. The molecule has 3 saturated heterocycles. The summed E-state index contributed by atoms with van der Waals surface area (Å²) in [6.07, 6.45) is 6.68. The number of nitrogens with zero attached hydrogens (tertiary/aromatic N) is 3. The number of anilines is 1. The van der Waals surface area contributed by atoms with Gasteiger partial charge in [0.25, 0.3) is 0 Å². The van der Waals surface area contributed by atoms with E-state index in [1.807, 2.05) is 13.0 Å². The van der Waals surface area contributed by atoms with Gasteiger partial charge in [0.15, 0.2) is 0 Å². The van der Waals surface area contributed by atoms with E-state index >= 15 is 0 Å². The third-order valence-corrected chi connectivity index (χ3v) is 8.25. The fourth-order valence-electron chi connectivity index (χ4n) is 5.81. The van der Waals surface area contributed by atoms with E-state index in [2.05, 4.69) is 34.4 Å². The summed E-state index contributed by atoms with van der Waals surface area (Å²) in [4.78, 5) is 6.91. The summed E-state index contributed by atoms with van der Waals surface area (Å²) < 4.78 is 40.7. The predicted molar refractivity (Wildman–Crippen MR) is 142 cm³/mol. The van der Waals surface area contributed by atoms with Gasteiger partial charge in [0.2, 0.25) is 0 Å². The Labute approximate surface area is 214 Å². The van der Waals surface area contributed by atoms with Gasteiger partial charge in [-0.3, -0.25) is 0 Å². The van der Waals surface area contributed by atoms with Crippen LogP contribution >= 0.6 is 0 Å². The van der Waals surface area contributed by atoms with E-state index in [4.69, 9.17) is 5.73 Å². The van der Waals surface area contributed by atoms with E-state index in [-0.39, 0.29) is 5.92 Å². The summed E-state index contributed by atoms with van der Waals surface area (Å²) in [7, 11) is 0. The minimum Gasteiger partial charge on any atom is -0.404 e. The molecule has 2 unspecified atom stereocenters. The molecule has 3 aliphatic rings. The van der Waals surface area contributed by atoms with Crippen molar-refractivity contribution in [2.24, 2.45) is 17.6 Å². The lowest BCUT2D eigenvalue weighted by molar-refractivity contribution is -0.137. The minimum atomic E-state index is -4.33. The highest BCUT2D eigenvalue weighted by atomic mass is 19.4. The van der Waals surface area contributed by atoms with E-state index in [9.17, 15) is 13.2 Å². The van der Waals surface area contributed by atoms with E-state index in [0.717, 1.165) is 88.2 Å². The molecular weight excluding hydrogens is 461 g/mol. The molecule has 2 atom stereocenters. The molecule has 0 aromatic heterocycles. The third kappa shape index (κ3) is 6.22. The average molecular weight is 503 g/mol. The number of alkyl halides is 3. The molecule has 3 heterocycles. The highest BCUT2D eigenvalue weighted by molar-refractivity contribution is 5.58. The van der Waals surface area contributed by atoms with Crippen LogP contribution in [0.5, 0.6) is 0 Å². The second-order valence-electron chi connectivity index (χ2n) is 10.9. The van der Waals surface area contributed by atoms with Crippen LogP contribution < -0.4 is 10.6 Å². The maximum Gasteiger partial charge on any atom is 0.416 e. The van der Waals surface area contributed by atoms with Crippen LogP contribution in [0.3, 0.4) is 0 Å². The fraction of sp³-hybridized carbons (Fsp3) is 0.586. The molecule has 7 heteroatoms. The van der Waals surface area contributed by atoms with Crippen molar-refractivity contribution in [3.05, 3.63) is 65.7 Å². The minimum absolute atomic E-state index is 0.218. The molecule has 3 aliphatic heterocycles. The van der Waals surface area contributed by atoms with Crippen LogP contribution in [-0.4, -0.2) is 49.1 Å². The number of hydrogen-bond acceptors (Lipinski definition) is 4. The molecule has 0 bridgehead atoms. The van der Waals surface area contributed by atoms with E-state index in [1.54, 1.807) is 12.3 Å². The van der Waals surface area contributed by atoms with Gasteiger partial charge in [0.1, 0.15) is 0 Å². The van der Waals surface area contributed by atoms with Gasteiger partial charge in [-0.15, -0.1) is 0 Å². The Morgan fingerprint density at radius 2 is 1.81 bits per heavy atom. The predicted octanol–water partition coefficient (Wildman–Crippen LogP) is 6.33. The standard InChI is InChI=1S/C29H41F3N4/c1-21-9-14-35(15-10-21)28-17-26(29(30,31)32)6-7-27(28)25-11-16-36(20-25)23(3)24-5-4-12-34(19-24)13-8-22(2)18-33/h6-8,13,17-18,21,24-25H,3-5,9-12,14-16,19-20,33H2,1-2H3/b13-8+,22-18-. The Kier molecular flexibility index (Phi) is 8.26. The molecule has 0 aliphatic carbocycles. The van der Waals surface area contributed by atoms with Crippen LogP contribution in [-0.2, 0) is 6.18 Å². The Bertz CT molecular complexity index is 975. The van der Waals surface area contributed by atoms with Crippen LogP contribution in [0.2, 0.25) is 0 Å². The molecule has 0 saturated carbocycles. The van der Waals surface area contributed by atoms with Crippen molar-refractivity contribution in [3.8, 4) is 0 Å². The quantitative estimate of drug-likeness (QED) is 0.461. The summed E-state index contributed by atoms with van der Waals surface area (Å²) in [5.41, 5.74) is 9.09. The molecule has 0 amide bonds. The van der Waals surface area contributed by atoms with Crippen molar-refractivity contribution in [3.63, 3.8) is 0 Å². The van der Waals surface area contributed by atoms with E-state index in [0.29, 0.717) is 11.8 Å². The van der Waals surface area contributed by atoms with Crippen molar-refractivity contribution in [1.82, 2.24) is 9.80 Å². The molecule has 4 rings (SSSR count). The number of piperidine rings is 2. The lowest BCUT2D eigenvalue weighted by Gasteiger charge is -2.37. The topological polar surface area (TPSA) is 35.7 Å². The van der Waals surface area contributed by atoms with Gasteiger partial charge in [-0.2, -0.15) is 13.2 Å². The molecule has 1 aromatic carbocycles. The number of allylic oxidation sites excluding steroid dienone is 2. The molecule has 0 spiro atoms.